The van der Waals surface area contributed by atoms with Gasteiger partial charge in [-0.3, -0.25) is 9.59 Å². The van der Waals surface area contributed by atoms with E-state index in [1.54, 1.807) is 84.9 Å². The molecule has 3 aliphatic rings. The van der Waals surface area contributed by atoms with Crippen LogP contribution in [0.2, 0.25) is 0 Å². The van der Waals surface area contributed by atoms with Gasteiger partial charge in [-0.25, -0.2) is 33.6 Å². The van der Waals surface area contributed by atoms with Crippen molar-refractivity contribution in [3.05, 3.63) is 215 Å². The van der Waals surface area contributed by atoms with Crippen LogP contribution < -0.4 is 16.0 Å². The van der Waals surface area contributed by atoms with Gasteiger partial charge in [0.1, 0.15) is 68.5 Å². The second-order valence-corrected chi connectivity index (χ2v) is 21.7. The molecule has 0 saturated carbocycles. The van der Waals surface area contributed by atoms with E-state index >= 15 is 0 Å². The second-order valence-electron chi connectivity index (χ2n) is 21.7. The highest BCUT2D eigenvalue weighted by atomic mass is 16.8. The predicted octanol–water partition coefficient (Wildman–Crippen LogP) is 4.17. The van der Waals surface area contributed by atoms with Gasteiger partial charge in [0, 0.05) is 20.4 Å². The smallest absolute Gasteiger partial charge is 0.407 e. The molecule has 9 rings (SSSR count). The molecule has 27 nitrogen and oxygen atoms in total. The average Bonchev–Trinajstić information content (AvgIpc) is 0.765. The first-order chi connectivity index (χ1) is 46.0. The normalized spacial score (nSPS) is 25.4. The molecule has 6 aromatic rings. The third-order valence-electron chi connectivity index (χ3n) is 15.0. The number of hydrogen-bond donors (Lipinski definition) is 5. The highest BCUT2D eigenvalue weighted by Crippen LogP contribution is 2.37. The van der Waals surface area contributed by atoms with Crippen LogP contribution in [0.5, 0.6) is 0 Å². The van der Waals surface area contributed by atoms with Crippen molar-refractivity contribution in [1.29, 1.82) is 0 Å². The molecule has 3 fully saturated rings. The van der Waals surface area contributed by atoms with Crippen molar-refractivity contribution >= 4 is 53.7 Å². The fraction of sp³-hybridized carbons (Fsp3) is 0.338. The first-order valence-electron chi connectivity index (χ1n) is 30.0. The van der Waals surface area contributed by atoms with E-state index < -0.39 is 159 Å². The number of carbonyl (C=O) groups excluding carboxylic acids is 9. The SMILES string of the molecule is COC(=O)[C@H]1O[C@@H](O[C@H]2[C@@H](O)[C@@H](COC(=O)c3ccccc3)O[C@@H](OCCNC(=O)OCc3ccccc3)[C@@H]2NC(C)=O)[C@H](OC(=O)c2ccccc2)[C@@H](OC(=O)c2ccccc2)[C@@H]1O[C@@H]1O[C@H](COC(=O)c2ccccc2)[C@H](O)[C@H](OC(=O)c2ccccc2)[C@H]1NC(C)=O. The molecule has 0 bridgehead atoms. The number of ether oxygens (including phenoxy) is 13. The minimum absolute atomic E-state index is 0.00715. The summed E-state index contributed by atoms with van der Waals surface area (Å²) >= 11 is 0. The number of nitrogens with one attached hydrogen (secondary N) is 3. The van der Waals surface area contributed by atoms with E-state index in [0.717, 1.165) is 21.0 Å². The maximum Gasteiger partial charge on any atom is 0.407 e. The number of rotatable bonds is 25. The lowest BCUT2D eigenvalue weighted by molar-refractivity contribution is -0.359. The Bertz CT molecular complexity index is 3540. The van der Waals surface area contributed by atoms with E-state index in [1.165, 1.54) is 97.1 Å². The number of aliphatic hydroxyl groups is 2. The third kappa shape index (κ3) is 18.7. The quantitative estimate of drug-likeness (QED) is 0.0305. The number of methoxy groups -OCH3 is 1. The second kappa shape index (κ2) is 33.7. The lowest BCUT2D eigenvalue weighted by atomic mass is 9.93. The van der Waals surface area contributed by atoms with Crippen molar-refractivity contribution in [2.45, 2.75) is 112 Å². The Hall–Kier alpha value is -9.97. The lowest BCUT2D eigenvalue weighted by Crippen LogP contribution is -2.71. The molecule has 0 unspecified atom stereocenters. The van der Waals surface area contributed by atoms with E-state index in [2.05, 4.69) is 16.0 Å². The van der Waals surface area contributed by atoms with E-state index in [0.29, 0.717) is 5.56 Å². The first-order valence-corrected chi connectivity index (χ1v) is 30.0. The number of alkyl carbamates (subject to hydrolysis) is 1. The van der Waals surface area contributed by atoms with Crippen molar-refractivity contribution in [3.8, 4) is 0 Å². The predicted molar refractivity (Wildman–Crippen MR) is 326 cm³/mol. The highest BCUT2D eigenvalue weighted by Gasteiger charge is 2.60. The molecule has 5 N–H and O–H groups in total. The summed E-state index contributed by atoms with van der Waals surface area (Å²) in [6.07, 6.45) is -26.7. The van der Waals surface area contributed by atoms with Crippen molar-refractivity contribution in [3.63, 3.8) is 0 Å². The zero-order valence-electron chi connectivity index (χ0n) is 51.4. The Morgan fingerprint density at radius 2 is 0.821 bits per heavy atom. The van der Waals surface area contributed by atoms with Gasteiger partial charge in [0.2, 0.25) is 11.8 Å². The summed E-state index contributed by atoms with van der Waals surface area (Å²) in [5.41, 5.74) is 0.690. The van der Waals surface area contributed by atoms with Gasteiger partial charge >= 0.3 is 41.9 Å². The molecular formula is C68H69N3O24. The van der Waals surface area contributed by atoms with Crippen LogP contribution in [-0.2, 0) is 82.6 Å². The van der Waals surface area contributed by atoms with Crippen LogP contribution >= 0.6 is 0 Å². The molecule has 0 radical (unpaired) electrons. The molecule has 3 heterocycles. The fourth-order valence-electron chi connectivity index (χ4n) is 10.4. The van der Waals surface area contributed by atoms with Crippen molar-refractivity contribution in [1.82, 2.24) is 16.0 Å². The highest BCUT2D eigenvalue weighted by molar-refractivity contribution is 5.92. The molecule has 3 aliphatic heterocycles. The standard InChI is InChI=1S/C68H69N3O24/c1-39(72)70-49-54(52(75)47(37-85-59(76)42-24-12-5-13-25-42)88-65(49)84-35-34-69-68(82)87-36-41-22-10-4-11-23-41)93-67-58(92-63(80)46-32-20-9-21-33-46)56(91-62(79)45-30-18-8-19-31-45)55(57(95-67)64(81)83-3)94-66-50(71-40(2)73)53(90-61(78)44-28-16-7-17-29-44)51(74)48(89-66)38-86-60(77)43-26-14-6-15-27-43/h4-33,47-58,65-67,74-75H,34-38H2,1-3H3,(H,69,82)(H,70,72)(H,71,73)/t47-,48-,49-,50-,51+,52+,53-,54-,55+,56+,57+,58-,65-,66+,67-/m1/s1. The first kappa shape index (κ1) is 69.4. The molecule has 0 spiro atoms. The zero-order valence-corrected chi connectivity index (χ0v) is 51.4. The number of carbonyl (C=O) groups is 9. The van der Waals surface area contributed by atoms with Gasteiger partial charge in [-0.05, 0) is 66.2 Å². The van der Waals surface area contributed by atoms with Crippen LogP contribution in [0.4, 0.5) is 4.79 Å². The summed E-state index contributed by atoms with van der Waals surface area (Å²) in [5, 5.41) is 32.5. The molecule has 0 aromatic heterocycles. The molecule has 500 valence electrons. The molecule has 27 heteroatoms. The summed E-state index contributed by atoms with van der Waals surface area (Å²) < 4.78 is 79.2. The van der Waals surface area contributed by atoms with Gasteiger partial charge < -0.3 is 87.7 Å². The Balaban J connectivity index is 1.12. The van der Waals surface area contributed by atoms with E-state index in [-0.39, 0.29) is 47.6 Å². The molecule has 3 amide bonds. The van der Waals surface area contributed by atoms with Gasteiger partial charge in [0.05, 0.1) is 41.5 Å². The fourth-order valence-corrected chi connectivity index (χ4v) is 10.4. The molecule has 6 aromatic carbocycles. The summed E-state index contributed by atoms with van der Waals surface area (Å²) in [7, 11) is 0.949. The minimum Gasteiger partial charge on any atom is -0.467 e. The van der Waals surface area contributed by atoms with E-state index in [4.69, 9.17) is 61.6 Å². The topological polar surface area (TPSA) is 350 Å². The van der Waals surface area contributed by atoms with Gasteiger partial charge in [-0.2, -0.15) is 0 Å². The third-order valence-corrected chi connectivity index (χ3v) is 15.0. The monoisotopic (exact) mass is 1310 g/mol. The van der Waals surface area contributed by atoms with Crippen molar-refractivity contribution in [2.24, 2.45) is 0 Å². The number of hydrogen-bond acceptors (Lipinski definition) is 24. The molecule has 95 heavy (non-hydrogen) atoms. The summed E-state index contributed by atoms with van der Waals surface area (Å²) in [4.78, 5) is 125. The largest absolute Gasteiger partial charge is 0.467 e. The van der Waals surface area contributed by atoms with Crippen molar-refractivity contribution in [2.75, 3.05) is 33.5 Å². The van der Waals surface area contributed by atoms with Crippen LogP contribution in [-0.4, -0.2) is 189 Å². The van der Waals surface area contributed by atoms with Crippen molar-refractivity contribution < 1.29 is 115 Å². The number of amides is 3. The molecule has 3 saturated heterocycles. The average molecular weight is 1310 g/mol. The Labute approximate surface area is 544 Å². The number of esters is 6. The molecule has 15 atom stereocenters. The van der Waals surface area contributed by atoms with Gasteiger partial charge in [0.25, 0.3) is 0 Å². The molecule has 0 aliphatic carbocycles. The lowest BCUT2D eigenvalue weighted by Gasteiger charge is -2.50. The van der Waals surface area contributed by atoms with Crippen LogP contribution in [0.1, 0.15) is 71.2 Å². The number of benzene rings is 6. The van der Waals surface area contributed by atoms with Gasteiger partial charge in [0.15, 0.2) is 43.3 Å². The van der Waals surface area contributed by atoms with E-state index in [9.17, 15) is 53.4 Å². The minimum atomic E-state index is -2.26. The Morgan fingerprint density at radius 1 is 0.432 bits per heavy atom. The van der Waals surface area contributed by atoms with E-state index in [1.807, 2.05) is 0 Å². The summed E-state index contributed by atoms with van der Waals surface area (Å²) in [5.74, 6) is -7.93. The summed E-state index contributed by atoms with van der Waals surface area (Å²) in [6.45, 7) is 0.0159. The zero-order chi connectivity index (χ0) is 67.4. The molecular weight excluding hydrogens is 1240 g/mol. The van der Waals surface area contributed by atoms with Gasteiger partial charge in [-0.1, -0.05) is 121 Å². The van der Waals surface area contributed by atoms with Crippen LogP contribution in [0.15, 0.2) is 182 Å². The maximum atomic E-state index is 14.7. The van der Waals surface area contributed by atoms with Gasteiger partial charge in [-0.15, -0.1) is 0 Å². The van der Waals surface area contributed by atoms with Crippen LogP contribution in [0.25, 0.3) is 0 Å². The Kier molecular flexibility index (Phi) is 24.6. The number of aliphatic hydroxyl groups excluding tert-OH is 2. The Morgan fingerprint density at radius 3 is 1.27 bits per heavy atom. The van der Waals surface area contributed by atoms with Crippen LogP contribution in [0, 0.1) is 0 Å². The van der Waals surface area contributed by atoms with Crippen LogP contribution in [0.3, 0.4) is 0 Å². The maximum absolute atomic E-state index is 14.7. The summed E-state index contributed by atoms with van der Waals surface area (Å²) in [6, 6.07) is 43.2.